The van der Waals surface area contributed by atoms with Crippen molar-refractivity contribution in [2.24, 2.45) is 0 Å². The Morgan fingerprint density at radius 1 is 1.16 bits per heavy atom. The van der Waals surface area contributed by atoms with Gasteiger partial charge in [0.25, 0.3) is 0 Å². The largest absolute Gasteiger partial charge is 0.294 e. The summed E-state index contributed by atoms with van der Waals surface area (Å²) in [4.78, 5) is 12.1. The van der Waals surface area contributed by atoms with Crippen molar-refractivity contribution in [1.82, 2.24) is 0 Å². The number of carbonyl (C=O) groups excluding carboxylic acids is 1. The molecule has 0 saturated heterocycles. The minimum absolute atomic E-state index is 0.118. The third-order valence-corrected chi connectivity index (χ3v) is 3.10. The molecule has 4 heteroatoms. The summed E-state index contributed by atoms with van der Waals surface area (Å²) in [6, 6.07) is 8.12. The lowest BCUT2D eigenvalue weighted by Gasteiger charge is -2.06. The van der Waals surface area contributed by atoms with Crippen LogP contribution in [0.2, 0.25) is 5.02 Å². The second kappa shape index (κ2) is 5.49. The van der Waals surface area contributed by atoms with Gasteiger partial charge in [-0.05, 0) is 42.3 Å². The van der Waals surface area contributed by atoms with Gasteiger partial charge in [-0.1, -0.05) is 23.7 Å². The van der Waals surface area contributed by atoms with E-state index in [4.69, 9.17) is 11.6 Å². The molecule has 0 bridgehead atoms. The van der Waals surface area contributed by atoms with Gasteiger partial charge in [-0.25, -0.2) is 8.78 Å². The third kappa shape index (κ3) is 3.18. The van der Waals surface area contributed by atoms with Gasteiger partial charge in [-0.2, -0.15) is 0 Å². The van der Waals surface area contributed by atoms with E-state index in [9.17, 15) is 13.6 Å². The number of carbonyl (C=O) groups is 1. The van der Waals surface area contributed by atoms with Gasteiger partial charge < -0.3 is 0 Å². The average Bonchev–Trinajstić information content (AvgIpc) is 2.35. The summed E-state index contributed by atoms with van der Waals surface area (Å²) in [5.41, 5.74) is 1.19. The number of halogens is 3. The van der Waals surface area contributed by atoms with E-state index in [2.05, 4.69) is 0 Å². The van der Waals surface area contributed by atoms with E-state index < -0.39 is 11.6 Å². The topological polar surface area (TPSA) is 17.1 Å². The maximum Gasteiger partial charge on any atom is 0.167 e. The second-order valence-electron chi connectivity index (χ2n) is 4.29. The quantitative estimate of drug-likeness (QED) is 0.764. The standard InChI is InChI=1S/C15H11ClF2O/c1-9-2-5-12(17)8-13(9)15(19)6-10-3-4-11(16)7-14(10)18/h2-5,7-8H,6H2,1H3. The summed E-state index contributed by atoms with van der Waals surface area (Å²) < 4.78 is 26.7. The summed E-state index contributed by atoms with van der Waals surface area (Å²) in [6.07, 6.45) is -0.118. The van der Waals surface area contributed by atoms with Crippen LogP contribution in [0.15, 0.2) is 36.4 Å². The molecule has 0 N–H and O–H groups in total. The first kappa shape index (κ1) is 13.7. The van der Waals surface area contributed by atoms with Crippen molar-refractivity contribution in [3.05, 3.63) is 69.7 Å². The first-order chi connectivity index (χ1) is 8.97. The summed E-state index contributed by atoms with van der Waals surface area (Å²) in [7, 11) is 0. The van der Waals surface area contributed by atoms with Gasteiger partial charge in [0.2, 0.25) is 0 Å². The van der Waals surface area contributed by atoms with E-state index in [-0.39, 0.29) is 28.4 Å². The van der Waals surface area contributed by atoms with Crippen LogP contribution in [-0.4, -0.2) is 5.78 Å². The van der Waals surface area contributed by atoms with Gasteiger partial charge in [0, 0.05) is 17.0 Å². The molecule has 0 heterocycles. The highest BCUT2D eigenvalue weighted by atomic mass is 35.5. The molecule has 0 fully saturated rings. The molecule has 0 spiro atoms. The number of hydrogen-bond acceptors (Lipinski definition) is 1. The lowest BCUT2D eigenvalue weighted by atomic mass is 9.99. The number of aryl methyl sites for hydroxylation is 1. The molecule has 2 aromatic carbocycles. The van der Waals surface area contributed by atoms with Crippen molar-refractivity contribution >= 4 is 17.4 Å². The zero-order valence-corrected chi connectivity index (χ0v) is 11.0. The van der Waals surface area contributed by atoms with Gasteiger partial charge in [0.1, 0.15) is 11.6 Å². The highest BCUT2D eigenvalue weighted by Crippen LogP contribution is 2.18. The smallest absolute Gasteiger partial charge is 0.167 e. The number of ketones is 1. The Morgan fingerprint density at radius 2 is 1.89 bits per heavy atom. The normalized spacial score (nSPS) is 10.5. The summed E-state index contributed by atoms with van der Waals surface area (Å²) in [5, 5.41) is 0.274. The highest BCUT2D eigenvalue weighted by molar-refractivity contribution is 6.30. The van der Waals surface area contributed by atoms with Gasteiger partial charge in [0.15, 0.2) is 5.78 Å². The van der Waals surface area contributed by atoms with Crippen LogP contribution >= 0.6 is 11.6 Å². The molecular weight excluding hydrogens is 270 g/mol. The Bertz CT molecular complexity index is 638. The monoisotopic (exact) mass is 280 g/mol. The molecule has 2 rings (SSSR count). The molecule has 0 unspecified atom stereocenters. The van der Waals surface area contributed by atoms with Crippen molar-refractivity contribution in [3.8, 4) is 0 Å². The lowest BCUT2D eigenvalue weighted by molar-refractivity contribution is 0.0991. The minimum atomic E-state index is -0.532. The van der Waals surface area contributed by atoms with Gasteiger partial charge in [-0.15, -0.1) is 0 Å². The highest BCUT2D eigenvalue weighted by Gasteiger charge is 2.13. The van der Waals surface area contributed by atoms with E-state index in [1.807, 2.05) is 0 Å². The Labute approximate surface area is 114 Å². The number of benzene rings is 2. The van der Waals surface area contributed by atoms with Crippen LogP contribution in [0.5, 0.6) is 0 Å². The first-order valence-corrected chi connectivity index (χ1v) is 6.08. The lowest BCUT2D eigenvalue weighted by Crippen LogP contribution is -2.07. The van der Waals surface area contributed by atoms with E-state index in [1.165, 1.54) is 30.3 Å². The van der Waals surface area contributed by atoms with Crippen molar-refractivity contribution < 1.29 is 13.6 Å². The van der Waals surface area contributed by atoms with Crippen molar-refractivity contribution in [3.63, 3.8) is 0 Å². The van der Waals surface area contributed by atoms with Crippen LogP contribution in [0, 0.1) is 18.6 Å². The van der Waals surface area contributed by atoms with Crippen molar-refractivity contribution in [1.29, 1.82) is 0 Å². The molecule has 0 aliphatic heterocycles. The Kier molecular flexibility index (Phi) is 3.96. The Morgan fingerprint density at radius 3 is 2.58 bits per heavy atom. The van der Waals surface area contributed by atoms with Crippen LogP contribution in [0.3, 0.4) is 0 Å². The van der Waals surface area contributed by atoms with Crippen molar-refractivity contribution in [2.45, 2.75) is 13.3 Å². The molecule has 0 amide bonds. The fourth-order valence-corrected chi connectivity index (χ4v) is 1.99. The molecule has 0 aliphatic rings. The zero-order valence-electron chi connectivity index (χ0n) is 10.2. The van der Waals surface area contributed by atoms with E-state index >= 15 is 0 Å². The fraction of sp³-hybridized carbons (Fsp3) is 0.133. The van der Waals surface area contributed by atoms with E-state index in [1.54, 1.807) is 6.92 Å². The maximum atomic E-state index is 13.6. The molecular formula is C15H11ClF2O. The summed E-state index contributed by atoms with van der Waals surface area (Å²) in [6.45, 7) is 1.71. The van der Waals surface area contributed by atoms with Crippen molar-refractivity contribution in [2.75, 3.05) is 0 Å². The molecule has 0 radical (unpaired) electrons. The molecule has 19 heavy (non-hydrogen) atoms. The number of Topliss-reactive ketones (excluding diaryl/α,β-unsaturated/α-hetero) is 1. The summed E-state index contributed by atoms with van der Waals surface area (Å²) in [5.74, 6) is -1.33. The Hall–Kier alpha value is -1.74. The predicted molar refractivity (Wildman–Crippen MR) is 70.6 cm³/mol. The average molecular weight is 281 g/mol. The minimum Gasteiger partial charge on any atom is -0.294 e. The van der Waals surface area contributed by atoms with Crippen LogP contribution < -0.4 is 0 Å². The predicted octanol–water partition coefficient (Wildman–Crippen LogP) is 4.35. The van der Waals surface area contributed by atoms with Crippen LogP contribution in [-0.2, 0) is 6.42 Å². The maximum absolute atomic E-state index is 13.6. The van der Waals surface area contributed by atoms with Gasteiger partial charge in [-0.3, -0.25) is 4.79 Å². The molecule has 0 aromatic heterocycles. The molecule has 0 atom stereocenters. The Balaban J connectivity index is 2.28. The SMILES string of the molecule is Cc1ccc(F)cc1C(=O)Cc1ccc(Cl)cc1F. The van der Waals surface area contributed by atoms with E-state index in [0.29, 0.717) is 5.56 Å². The second-order valence-corrected chi connectivity index (χ2v) is 4.73. The van der Waals surface area contributed by atoms with Crippen LogP contribution in [0.25, 0.3) is 0 Å². The van der Waals surface area contributed by atoms with Crippen LogP contribution in [0.1, 0.15) is 21.5 Å². The fourth-order valence-electron chi connectivity index (χ4n) is 1.83. The molecule has 2 aromatic rings. The van der Waals surface area contributed by atoms with E-state index in [0.717, 1.165) is 6.07 Å². The zero-order chi connectivity index (χ0) is 14.0. The molecule has 0 aliphatic carbocycles. The number of hydrogen-bond donors (Lipinski definition) is 0. The molecule has 1 nitrogen and oxygen atoms in total. The van der Waals surface area contributed by atoms with Gasteiger partial charge >= 0.3 is 0 Å². The van der Waals surface area contributed by atoms with Gasteiger partial charge in [0.05, 0.1) is 0 Å². The van der Waals surface area contributed by atoms with Crippen LogP contribution in [0.4, 0.5) is 8.78 Å². The molecule has 0 saturated carbocycles. The first-order valence-electron chi connectivity index (χ1n) is 5.70. The molecule has 98 valence electrons. The third-order valence-electron chi connectivity index (χ3n) is 2.87. The summed E-state index contributed by atoms with van der Waals surface area (Å²) >= 11 is 5.64. The number of rotatable bonds is 3.